The van der Waals surface area contributed by atoms with Crippen LogP contribution in [0.15, 0.2) is 132 Å². The molecule has 4 heteroatoms. The number of nitrogens with zero attached hydrogens (tertiary/aromatic N) is 1. The van der Waals surface area contributed by atoms with Gasteiger partial charge < -0.3 is 4.42 Å². The Balaban J connectivity index is 1.60. The highest BCUT2D eigenvalue weighted by Crippen LogP contribution is 2.42. The first kappa shape index (κ1) is 23.1. The maximum Gasteiger partial charge on any atom is 0.146 e. The summed E-state index contributed by atoms with van der Waals surface area (Å²) in [5.74, 6) is 0.137. The minimum absolute atomic E-state index is 0.298. The van der Waals surface area contributed by atoms with Crippen molar-refractivity contribution in [1.82, 2.24) is 4.98 Å². The molecule has 0 bridgehead atoms. The van der Waals surface area contributed by atoms with E-state index in [2.05, 4.69) is 0 Å². The molecule has 5 aromatic carbocycles. The van der Waals surface area contributed by atoms with Crippen molar-refractivity contribution in [3.8, 4) is 44.8 Å². The highest BCUT2D eigenvalue weighted by molar-refractivity contribution is 6.14. The number of aromatic nitrogens is 1. The van der Waals surface area contributed by atoms with Gasteiger partial charge in [0.05, 0.1) is 11.2 Å². The van der Waals surface area contributed by atoms with Gasteiger partial charge in [0, 0.05) is 27.5 Å². The van der Waals surface area contributed by atoms with E-state index in [1.54, 1.807) is 24.3 Å². The van der Waals surface area contributed by atoms with E-state index in [1.165, 1.54) is 24.3 Å². The second-order valence-corrected chi connectivity index (χ2v) is 9.48. The molecule has 39 heavy (non-hydrogen) atoms. The Morgan fingerprint density at radius 2 is 1.08 bits per heavy atom. The summed E-state index contributed by atoms with van der Waals surface area (Å²) in [5.41, 5.74) is 7.60. The molecule has 0 aliphatic rings. The van der Waals surface area contributed by atoms with Gasteiger partial charge in [-0.05, 0) is 59.2 Å². The Kier molecular flexibility index (Phi) is 5.52. The third-order valence-electron chi connectivity index (χ3n) is 7.00. The van der Waals surface area contributed by atoms with Crippen LogP contribution in [0.25, 0.3) is 66.7 Å². The van der Waals surface area contributed by atoms with Crippen molar-refractivity contribution in [2.75, 3.05) is 0 Å². The lowest BCUT2D eigenvalue weighted by atomic mass is 9.94. The Morgan fingerprint density at radius 1 is 0.487 bits per heavy atom. The summed E-state index contributed by atoms with van der Waals surface area (Å²) in [6.45, 7) is 0. The Morgan fingerprint density at radius 3 is 1.72 bits per heavy atom. The number of pyridine rings is 1. The Hall–Kier alpha value is -5.09. The number of fused-ring (bicyclic) bond motifs is 3. The van der Waals surface area contributed by atoms with E-state index in [0.29, 0.717) is 5.58 Å². The summed E-state index contributed by atoms with van der Waals surface area (Å²) in [4.78, 5) is 5.21. The van der Waals surface area contributed by atoms with Crippen molar-refractivity contribution >= 4 is 21.9 Å². The average Bonchev–Trinajstić information content (AvgIpc) is 3.44. The quantitative estimate of drug-likeness (QED) is 0.236. The van der Waals surface area contributed by atoms with Gasteiger partial charge in [-0.25, -0.2) is 13.8 Å². The lowest BCUT2D eigenvalue weighted by Gasteiger charge is -2.13. The normalized spacial score (nSPS) is 11.3. The molecule has 0 saturated carbocycles. The second kappa shape index (κ2) is 9.34. The minimum atomic E-state index is -0.309. The van der Waals surface area contributed by atoms with E-state index >= 15 is 0 Å². The average molecular weight is 510 g/mol. The molecule has 186 valence electrons. The summed E-state index contributed by atoms with van der Waals surface area (Å²) >= 11 is 0. The molecule has 7 aromatic rings. The molecule has 2 aromatic heterocycles. The summed E-state index contributed by atoms with van der Waals surface area (Å²) in [5, 5.41) is 1.72. The summed E-state index contributed by atoms with van der Waals surface area (Å²) in [6.07, 6.45) is 0. The Bertz CT molecular complexity index is 1940. The number of rotatable bonds is 4. The van der Waals surface area contributed by atoms with Crippen LogP contribution in [0.4, 0.5) is 8.78 Å². The molecule has 0 saturated heterocycles. The van der Waals surface area contributed by atoms with Gasteiger partial charge in [0.1, 0.15) is 23.0 Å². The van der Waals surface area contributed by atoms with Gasteiger partial charge in [-0.3, -0.25) is 0 Å². The van der Waals surface area contributed by atoms with E-state index in [9.17, 15) is 8.78 Å². The van der Waals surface area contributed by atoms with Gasteiger partial charge in [0.15, 0.2) is 0 Å². The number of halogens is 2. The molecular weight excluding hydrogens is 488 g/mol. The SMILES string of the molecule is Fc1ccc(-c2cc(-c3ccc(F)cc3)c3nc(-c4ccccc4)c4cc(-c5ccccc5)oc4c3c2)cc1. The fraction of sp³-hybridized carbons (Fsp3) is 0. The van der Waals surface area contributed by atoms with E-state index in [-0.39, 0.29) is 11.6 Å². The number of benzene rings is 5. The molecule has 0 amide bonds. The molecule has 0 fully saturated rings. The maximum absolute atomic E-state index is 13.9. The summed E-state index contributed by atoms with van der Waals surface area (Å²) < 4.78 is 34.2. The fourth-order valence-electron chi connectivity index (χ4n) is 5.09. The van der Waals surface area contributed by atoms with Gasteiger partial charge in [0.25, 0.3) is 0 Å². The lowest BCUT2D eigenvalue weighted by Crippen LogP contribution is -1.92. The van der Waals surface area contributed by atoms with Crippen molar-refractivity contribution in [3.05, 3.63) is 139 Å². The highest BCUT2D eigenvalue weighted by atomic mass is 19.1. The fourth-order valence-corrected chi connectivity index (χ4v) is 5.09. The third kappa shape index (κ3) is 4.16. The molecule has 7 rings (SSSR count). The van der Waals surface area contributed by atoms with Crippen molar-refractivity contribution in [2.24, 2.45) is 0 Å². The van der Waals surface area contributed by atoms with Gasteiger partial charge in [0.2, 0.25) is 0 Å². The highest BCUT2D eigenvalue weighted by Gasteiger charge is 2.20. The minimum Gasteiger partial charge on any atom is -0.455 e. The first-order valence-electron chi connectivity index (χ1n) is 12.7. The Labute approximate surface area is 223 Å². The van der Waals surface area contributed by atoms with Crippen LogP contribution in [0, 0.1) is 11.6 Å². The first-order valence-corrected chi connectivity index (χ1v) is 12.7. The van der Waals surface area contributed by atoms with Crippen molar-refractivity contribution < 1.29 is 13.2 Å². The zero-order chi connectivity index (χ0) is 26.3. The second-order valence-electron chi connectivity index (χ2n) is 9.48. The van der Waals surface area contributed by atoms with Gasteiger partial charge >= 0.3 is 0 Å². The van der Waals surface area contributed by atoms with Gasteiger partial charge in [-0.15, -0.1) is 0 Å². The third-order valence-corrected chi connectivity index (χ3v) is 7.00. The van der Waals surface area contributed by atoms with Crippen LogP contribution in [0.1, 0.15) is 0 Å². The molecule has 2 nitrogen and oxygen atoms in total. The van der Waals surface area contributed by atoms with E-state index < -0.39 is 0 Å². The van der Waals surface area contributed by atoms with Crippen LogP contribution in [-0.4, -0.2) is 4.98 Å². The van der Waals surface area contributed by atoms with Crippen LogP contribution in [0.3, 0.4) is 0 Å². The van der Waals surface area contributed by atoms with E-state index in [0.717, 1.165) is 61.1 Å². The molecule has 0 aliphatic heterocycles. The molecule has 0 radical (unpaired) electrons. The summed E-state index contributed by atoms with van der Waals surface area (Å²) in [7, 11) is 0. The maximum atomic E-state index is 13.9. The van der Waals surface area contributed by atoms with Crippen molar-refractivity contribution in [2.45, 2.75) is 0 Å². The number of hydrogen-bond acceptors (Lipinski definition) is 2. The molecule has 0 spiro atoms. The predicted molar refractivity (Wildman–Crippen MR) is 153 cm³/mol. The predicted octanol–water partition coefficient (Wildman–Crippen LogP) is 9.93. The van der Waals surface area contributed by atoms with E-state index in [1.807, 2.05) is 78.9 Å². The zero-order valence-electron chi connectivity index (χ0n) is 20.7. The largest absolute Gasteiger partial charge is 0.455 e. The molecule has 0 atom stereocenters. The van der Waals surface area contributed by atoms with Gasteiger partial charge in [-0.1, -0.05) is 84.9 Å². The molecular formula is C35H21F2NO. The molecule has 0 N–H and O–H groups in total. The summed E-state index contributed by atoms with van der Waals surface area (Å²) in [6, 6.07) is 38.9. The van der Waals surface area contributed by atoms with Crippen LogP contribution in [0.5, 0.6) is 0 Å². The number of furan rings is 1. The number of hydrogen-bond donors (Lipinski definition) is 0. The van der Waals surface area contributed by atoms with Crippen LogP contribution < -0.4 is 0 Å². The monoisotopic (exact) mass is 509 g/mol. The molecule has 0 aliphatic carbocycles. The van der Waals surface area contributed by atoms with Crippen LogP contribution in [0.2, 0.25) is 0 Å². The van der Waals surface area contributed by atoms with Gasteiger partial charge in [-0.2, -0.15) is 0 Å². The first-order chi connectivity index (χ1) is 19.1. The molecule has 0 unspecified atom stereocenters. The van der Waals surface area contributed by atoms with Crippen LogP contribution >= 0.6 is 0 Å². The molecule has 2 heterocycles. The standard InChI is InChI=1S/C35H21F2NO/c36-27-15-11-22(12-16-27)26-19-29(23-13-17-28(37)18-14-23)34-30(20-26)35-31(33(38-34)25-9-5-2-6-10-25)21-32(39-35)24-7-3-1-4-8-24/h1-21H. The van der Waals surface area contributed by atoms with E-state index in [4.69, 9.17) is 9.40 Å². The topological polar surface area (TPSA) is 26.0 Å². The van der Waals surface area contributed by atoms with Crippen molar-refractivity contribution in [1.29, 1.82) is 0 Å². The van der Waals surface area contributed by atoms with Crippen molar-refractivity contribution in [3.63, 3.8) is 0 Å². The smallest absolute Gasteiger partial charge is 0.146 e. The zero-order valence-corrected chi connectivity index (χ0v) is 20.7. The van der Waals surface area contributed by atoms with Crippen LogP contribution in [-0.2, 0) is 0 Å². The lowest BCUT2D eigenvalue weighted by molar-refractivity contribution is 0.627.